The molecule has 2 aliphatic heterocycles. The molecule has 0 aliphatic carbocycles. The normalized spacial score (nSPS) is 24.5. The van der Waals surface area contributed by atoms with Crippen LogP contribution in [0.3, 0.4) is 0 Å². The van der Waals surface area contributed by atoms with E-state index in [4.69, 9.17) is 0 Å². The number of imide groups is 1. The molecule has 0 radical (unpaired) electrons. The second kappa shape index (κ2) is 5.08. The molecule has 1 aromatic rings. The van der Waals surface area contributed by atoms with E-state index in [-0.39, 0.29) is 17.2 Å². The summed E-state index contributed by atoms with van der Waals surface area (Å²) >= 11 is 0. The Bertz CT molecular complexity index is 740. The molecule has 3 amide bonds. The SMILES string of the molecule is CC1CC(C)(C)N(C)c2cc(F)c(/C=C3\NC(=O)NC3=O)cc21. The molecular formula is C17H20FN3O2. The smallest absolute Gasteiger partial charge is 0.326 e. The van der Waals surface area contributed by atoms with E-state index < -0.39 is 17.8 Å². The Labute approximate surface area is 134 Å². The lowest BCUT2D eigenvalue weighted by Crippen LogP contribution is -2.45. The Hall–Kier alpha value is -2.37. The van der Waals surface area contributed by atoms with Gasteiger partial charge in [-0.25, -0.2) is 9.18 Å². The lowest BCUT2D eigenvalue weighted by Gasteiger charge is -2.45. The zero-order chi connectivity index (χ0) is 16.9. The van der Waals surface area contributed by atoms with E-state index in [2.05, 4.69) is 36.3 Å². The molecule has 1 aromatic carbocycles. The number of benzene rings is 1. The third-order valence-electron chi connectivity index (χ3n) is 4.77. The van der Waals surface area contributed by atoms with Gasteiger partial charge in [0.1, 0.15) is 11.5 Å². The quantitative estimate of drug-likeness (QED) is 0.618. The second-order valence-corrected chi connectivity index (χ2v) is 6.88. The maximum absolute atomic E-state index is 14.5. The number of nitrogens with zero attached hydrogens (tertiary/aromatic N) is 1. The summed E-state index contributed by atoms with van der Waals surface area (Å²) in [7, 11) is 1.97. The van der Waals surface area contributed by atoms with E-state index in [1.165, 1.54) is 12.1 Å². The van der Waals surface area contributed by atoms with Crippen LogP contribution in [-0.2, 0) is 4.79 Å². The molecule has 23 heavy (non-hydrogen) atoms. The van der Waals surface area contributed by atoms with Crippen molar-refractivity contribution in [2.45, 2.75) is 38.6 Å². The number of fused-ring (bicyclic) bond motifs is 1. The highest BCUT2D eigenvalue weighted by Gasteiger charge is 2.35. The van der Waals surface area contributed by atoms with Crippen LogP contribution in [0.1, 0.15) is 44.2 Å². The minimum atomic E-state index is -0.588. The first-order valence-electron chi connectivity index (χ1n) is 7.60. The van der Waals surface area contributed by atoms with Crippen molar-refractivity contribution < 1.29 is 14.0 Å². The van der Waals surface area contributed by atoms with Crippen molar-refractivity contribution in [3.63, 3.8) is 0 Å². The Morgan fingerprint density at radius 3 is 2.61 bits per heavy atom. The van der Waals surface area contributed by atoms with Crippen molar-refractivity contribution in [2.75, 3.05) is 11.9 Å². The van der Waals surface area contributed by atoms with Crippen LogP contribution in [0, 0.1) is 5.82 Å². The highest BCUT2D eigenvalue weighted by atomic mass is 19.1. The summed E-state index contributed by atoms with van der Waals surface area (Å²) in [6.45, 7) is 6.39. The Morgan fingerprint density at radius 2 is 2.00 bits per heavy atom. The minimum absolute atomic E-state index is 0.0435. The number of nitrogens with one attached hydrogen (secondary N) is 2. The fraction of sp³-hybridized carbons (Fsp3) is 0.412. The Kier molecular flexibility index (Phi) is 3.43. The van der Waals surface area contributed by atoms with Gasteiger partial charge in [0.05, 0.1) is 0 Å². The summed E-state index contributed by atoms with van der Waals surface area (Å²) in [4.78, 5) is 24.8. The zero-order valence-corrected chi connectivity index (χ0v) is 13.7. The van der Waals surface area contributed by atoms with Gasteiger partial charge in [0, 0.05) is 23.8 Å². The van der Waals surface area contributed by atoms with Crippen LogP contribution in [-0.4, -0.2) is 24.5 Å². The highest BCUT2D eigenvalue weighted by molar-refractivity contribution is 6.14. The molecule has 0 bridgehead atoms. The van der Waals surface area contributed by atoms with Crippen LogP contribution in [0.2, 0.25) is 0 Å². The van der Waals surface area contributed by atoms with E-state index in [1.807, 2.05) is 7.05 Å². The van der Waals surface area contributed by atoms with Gasteiger partial charge in [-0.2, -0.15) is 0 Å². The van der Waals surface area contributed by atoms with Gasteiger partial charge in [0.2, 0.25) is 0 Å². The van der Waals surface area contributed by atoms with Gasteiger partial charge in [0.15, 0.2) is 0 Å². The van der Waals surface area contributed by atoms with Gasteiger partial charge >= 0.3 is 6.03 Å². The fourth-order valence-corrected chi connectivity index (χ4v) is 3.35. The summed E-state index contributed by atoms with van der Waals surface area (Å²) < 4.78 is 14.5. The number of rotatable bonds is 1. The van der Waals surface area contributed by atoms with Gasteiger partial charge in [-0.05, 0) is 50.0 Å². The third kappa shape index (κ3) is 2.58. The van der Waals surface area contributed by atoms with Gasteiger partial charge < -0.3 is 10.2 Å². The molecule has 1 unspecified atom stereocenters. The van der Waals surface area contributed by atoms with Gasteiger partial charge in [-0.1, -0.05) is 6.92 Å². The molecular weight excluding hydrogens is 297 g/mol. The first-order chi connectivity index (χ1) is 10.7. The van der Waals surface area contributed by atoms with Crippen LogP contribution >= 0.6 is 0 Å². The molecule has 122 valence electrons. The predicted molar refractivity (Wildman–Crippen MR) is 86.6 cm³/mol. The summed E-state index contributed by atoms with van der Waals surface area (Å²) in [5, 5.41) is 4.48. The molecule has 5 nitrogen and oxygen atoms in total. The minimum Gasteiger partial charge on any atom is -0.369 e. The standard InChI is InChI=1S/C17H20FN3O2/c1-9-8-17(2,3)21(4)14-7-12(18)10(5-11(9)14)6-13-15(22)20-16(23)19-13/h5-7,9H,8H2,1-4H3,(H2,19,20,22,23)/b13-6-. The van der Waals surface area contributed by atoms with Crippen molar-refractivity contribution in [1.29, 1.82) is 0 Å². The first kappa shape index (κ1) is 15.5. The van der Waals surface area contributed by atoms with Crippen LogP contribution in [0.15, 0.2) is 17.8 Å². The average molecular weight is 317 g/mol. The average Bonchev–Trinajstić information content (AvgIpc) is 2.76. The number of urea groups is 1. The molecule has 1 fully saturated rings. The maximum Gasteiger partial charge on any atom is 0.326 e. The Morgan fingerprint density at radius 1 is 1.30 bits per heavy atom. The van der Waals surface area contributed by atoms with E-state index in [9.17, 15) is 14.0 Å². The Balaban J connectivity index is 2.06. The number of carbonyl (C=O) groups excluding carboxylic acids is 2. The topological polar surface area (TPSA) is 61.4 Å². The van der Waals surface area contributed by atoms with Crippen molar-refractivity contribution in [1.82, 2.24) is 10.6 Å². The molecule has 3 rings (SSSR count). The van der Waals surface area contributed by atoms with Crippen LogP contribution in [0.5, 0.6) is 0 Å². The predicted octanol–water partition coefficient (Wildman–Crippen LogP) is 2.73. The molecule has 0 saturated carbocycles. The van der Waals surface area contributed by atoms with Crippen molar-refractivity contribution in [3.05, 3.63) is 34.8 Å². The summed E-state index contributed by atoms with van der Waals surface area (Å²) in [5.41, 5.74) is 2.23. The number of hydrogen-bond acceptors (Lipinski definition) is 3. The number of anilines is 1. The fourth-order valence-electron chi connectivity index (χ4n) is 3.35. The number of hydrogen-bond donors (Lipinski definition) is 2. The maximum atomic E-state index is 14.5. The van der Waals surface area contributed by atoms with E-state index in [0.29, 0.717) is 5.56 Å². The first-order valence-corrected chi connectivity index (χ1v) is 7.60. The molecule has 1 atom stereocenters. The van der Waals surface area contributed by atoms with Gasteiger partial charge in [0.25, 0.3) is 5.91 Å². The lowest BCUT2D eigenvalue weighted by atomic mass is 9.80. The van der Waals surface area contributed by atoms with Crippen LogP contribution in [0.25, 0.3) is 6.08 Å². The summed E-state index contributed by atoms with van der Waals surface area (Å²) in [6.07, 6.45) is 2.33. The van der Waals surface area contributed by atoms with Crippen molar-refractivity contribution >= 4 is 23.7 Å². The second-order valence-electron chi connectivity index (χ2n) is 6.88. The number of halogens is 1. The largest absolute Gasteiger partial charge is 0.369 e. The van der Waals surface area contributed by atoms with Gasteiger partial charge in [-0.3, -0.25) is 10.1 Å². The molecule has 1 saturated heterocycles. The number of carbonyl (C=O) groups is 2. The van der Waals surface area contributed by atoms with Crippen molar-refractivity contribution in [3.8, 4) is 0 Å². The van der Waals surface area contributed by atoms with Crippen molar-refractivity contribution in [2.24, 2.45) is 0 Å². The summed E-state index contributed by atoms with van der Waals surface area (Å²) in [5.74, 6) is -0.679. The molecule has 2 aliphatic rings. The molecule has 2 N–H and O–H groups in total. The zero-order valence-electron chi connectivity index (χ0n) is 13.7. The van der Waals surface area contributed by atoms with E-state index in [0.717, 1.165) is 17.7 Å². The molecule has 0 spiro atoms. The third-order valence-corrected chi connectivity index (χ3v) is 4.77. The monoisotopic (exact) mass is 317 g/mol. The highest BCUT2D eigenvalue weighted by Crippen LogP contribution is 2.43. The van der Waals surface area contributed by atoms with Crippen LogP contribution < -0.4 is 15.5 Å². The van der Waals surface area contributed by atoms with E-state index >= 15 is 0 Å². The molecule has 2 heterocycles. The van der Waals surface area contributed by atoms with Crippen LogP contribution in [0.4, 0.5) is 14.9 Å². The van der Waals surface area contributed by atoms with E-state index in [1.54, 1.807) is 6.07 Å². The summed E-state index contributed by atoms with van der Waals surface area (Å²) in [6, 6.07) is 2.69. The molecule has 0 aromatic heterocycles. The molecule has 6 heteroatoms. The lowest BCUT2D eigenvalue weighted by molar-refractivity contribution is -0.115. The number of amides is 3. The van der Waals surface area contributed by atoms with Gasteiger partial charge in [-0.15, -0.1) is 0 Å².